The van der Waals surface area contributed by atoms with E-state index in [9.17, 15) is 8.42 Å². The van der Waals surface area contributed by atoms with Crippen molar-refractivity contribution in [2.45, 2.75) is 18.4 Å². The molecule has 0 saturated heterocycles. The minimum Gasteiger partial charge on any atom is -0.326 e. The number of nitrogens with two attached hydrogens (primary N) is 1. The molecule has 0 fully saturated rings. The van der Waals surface area contributed by atoms with Crippen LogP contribution in [0.3, 0.4) is 0 Å². The molecule has 0 bridgehead atoms. The minimum absolute atomic E-state index is 0.259. The summed E-state index contributed by atoms with van der Waals surface area (Å²) in [6.45, 7) is 2.26. The lowest BCUT2D eigenvalue weighted by molar-refractivity contribution is 0.601. The molecule has 6 heteroatoms. The Balaban J connectivity index is 2.27. The molecule has 1 heterocycles. The van der Waals surface area contributed by atoms with Gasteiger partial charge in [0.1, 0.15) is 0 Å². The Hall–Kier alpha value is -1.37. The fourth-order valence-corrected chi connectivity index (χ4v) is 3.74. The molecular weight excluding hydrogens is 268 g/mol. The van der Waals surface area contributed by atoms with Crippen LogP contribution < -0.4 is 10.5 Å². The van der Waals surface area contributed by atoms with Gasteiger partial charge in [-0.3, -0.25) is 4.72 Å². The first kappa shape index (κ1) is 13.1. The Morgan fingerprint density at radius 3 is 2.72 bits per heavy atom. The van der Waals surface area contributed by atoms with Gasteiger partial charge in [0.2, 0.25) is 0 Å². The van der Waals surface area contributed by atoms with E-state index in [0.29, 0.717) is 12.2 Å². The van der Waals surface area contributed by atoms with Crippen molar-refractivity contribution in [2.75, 3.05) is 4.72 Å². The van der Waals surface area contributed by atoms with Crippen molar-refractivity contribution in [1.82, 2.24) is 0 Å². The molecule has 3 N–H and O–H groups in total. The van der Waals surface area contributed by atoms with Crippen LogP contribution in [0.2, 0.25) is 0 Å². The first-order valence-corrected chi connectivity index (χ1v) is 7.74. The van der Waals surface area contributed by atoms with E-state index < -0.39 is 10.0 Å². The first-order chi connectivity index (χ1) is 8.51. The van der Waals surface area contributed by atoms with Crippen molar-refractivity contribution in [2.24, 2.45) is 5.73 Å². The van der Waals surface area contributed by atoms with E-state index in [2.05, 4.69) is 4.72 Å². The van der Waals surface area contributed by atoms with E-state index in [1.165, 1.54) is 11.3 Å². The lowest BCUT2D eigenvalue weighted by atomic mass is 10.2. The maximum atomic E-state index is 12.1. The number of hydrogen-bond donors (Lipinski definition) is 2. The molecule has 0 aliphatic carbocycles. The van der Waals surface area contributed by atoms with Crippen LogP contribution in [-0.2, 0) is 16.6 Å². The van der Waals surface area contributed by atoms with Crippen LogP contribution in [0.4, 0.5) is 5.69 Å². The predicted octanol–water partition coefficient (Wildman–Crippen LogP) is 2.32. The molecule has 2 aromatic rings. The summed E-state index contributed by atoms with van der Waals surface area (Å²) >= 11 is 1.35. The van der Waals surface area contributed by atoms with Gasteiger partial charge >= 0.3 is 0 Å². The molecule has 0 amide bonds. The lowest BCUT2D eigenvalue weighted by Gasteiger charge is -2.06. The van der Waals surface area contributed by atoms with Crippen LogP contribution >= 0.6 is 11.3 Å². The van der Waals surface area contributed by atoms with Gasteiger partial charge < -0.3 is 5.73 Å². The Morgan fingerprint density at radius 1 is 1.33 bits per heavy atom. The number of sulfonamides is 1. The smallest absolute Gasteiger partial charge is 0.262 e. The van der Waals surface area contributed by atoms with Gasteiger partial charge in [-0.1, -0.05) is 12.1 Å². The molecule has 4 nitrogen and oxygen atoms in total. The number of aryl methyl sites for hydroxylation is 1. The third-order valence-electron chi connectivity index (χ3n) is 2.41. The zero-order valence-corrected chi connectivity index (χ0v) is 11.5. The molecule has 0 atom stereocenters. The summed E-state index contributed by atoms with van der Waals surface area (Å²) in [5, 5.41) is 1.60. The van der Waals surface area contributed by atoms with Gasteiger partial charge in [0.25, 0.3) is 10.0 Å². The number of hydrogen-bond acceptors (Lipinski definition) is 4. The molecule has 0 radical (unpaired) electrons. The van der Waals surface area contributed by atoms with Crippen molar-refractivity contribution < 1.29 is 8.42 Å². The highest BCUT2D eigenvalue weighted by Crippen LogP contribution is 2.22. The SMILES string of the molecule is Cc1cccc(NS(=O)(=O)c2csc(CN)c2)c1. The summed E-state index contributed by atoms with van der Waals surface area (Å²) in [7, 11) is -3.51. The topological polar surface area (TPSA) is 72.2 Å². The molecule has 0 unspecified atom stereocenters. The van der Waals surface area contributed by atoms with E-state index in [0.717, 1.165) is 10.4 Å². The summed E-state index contributed by atoms with van der Waals surface area (Å²) in [5.74, 6) is 0. The first-order valence-electron chi connectivity index (χ1n) is 5.38. The van der Waals surface area contributed by atoms with Crippen molar-refractivity contribution >= 4 is 27.0 Å². The van der Waals surface area contributed by atoms with Crippen LogP contribution in [0.1, 0.15) is 10.4 Å². The molecule has 0 aliphatic heterocycles. The fraction of sp³-hybridized carbons (Fsp3) is 0.167. The number of anilines is 1. The number of thiophene rings is 1. The van der Waals surface area contributed by atoms with Crippen molar-refractivity contribution in [3.05, 3.63) is 46.2 Å². The predicted molar refractivity (Wildman–Crippen MR) is 74.2 cm³/mol. The standard InChI is InChI=1S/C12H14N2O2S2/c1-9-3-2-4-10(5-9)14-18(15,16)12-6-11(7-13)17-8-12/h2-6,8,14H,7,13H2,1H3. The molecule has 0 spiro atoms. The summed E-state index contributed by atoms with van der Waals surface area (Å²) in [6.07, 6.45) is 0. The molecule has 0 saturated carbocycles. The zero-order valence-electron chi connectivity index (χ0n) is 9.88. The summed E-state index contributed by atoms with van der Waals surface area (Å²) in [6, 6.07) is 8.83. The van der Waals surface area contributed by atoms with E-state index >= 15 is 0 Å². The average molecular weight is 282 g/mol. The van der Waals surface area contributed by atoms with Crippen LogP contribution in [0.25, 0.3) is 0 Å². The molecule has 1 aromatic heterocycles. The van der Waals surface area contributed by atoms with E-state index in [1.54, 1.807) is 23.6 Å². The van der Waals surface area contributed by atoms with E-state index in [4.69, 9.17) is 5.73 Å². The second kappa shape index (κ2) is 5.09. The van der Waals surface area contributed by atoms with Crippen LogP contribution in [-0.4, -0.2) is 8.42 Å². The second-order valence-corrected chi connectivity index (χ2v) is 6.61. The Bertz CT molecular complexity index is 648. The van der Waals surface area contributed by atoms with Gasteiger partial charge in [0, 0.05) is 22.5 Å². The third-order valence-corrected chi connectivity index (χ3v) is 4.88. The molecule has 0 aliphatic rings. The summed E-state index contributed by atoms with van der Waals surface area (Å²) in [5.41, 5.74) is 7.04. The van der Waals surface area contributed by atoms with Gasteiger partial charge in [-0.15, -0.1) is 11.3 Å². The number of rotatable bonds is 4. The molecule has 96 valence electrons. The van der Waals surface area contributed by atoms with Crippen molar-refractivity contribution in [3.63, 3.8) is 0 Å². The van der Waals surface area contributed by atoms with Gasteiger partial charge in [0.15, 0.2) is 0 Å². The Labute approximate surface area is 111 Å². The van der Waals surface area contributed by atoms with Crippen LogP contribution in [0, 0.1) is 6.92 Å². The largest absolute Gasteiger partial charge is 0.326 e. The molecule has 2 rings (SSSR count). The maximum absolute atomic E-state index is 12.1. The monoisotopic (exact) mass is 282 g/mol. The van der Waals surface area contributed by atoms with Gasteiger partial charge in [0.05, 0.1) is 4.90 Å². The highest BCUT2D eigenvalue weighted by molar-refractivity contribution is 7.92. The van der Waals surface area contributed by atoms with Crippen molar-refractivity contribution in [3.8, 4) is 0 Å². The van der Waals surface area contributed by atoms with Gasteiger partial charge in [-0.25, -0.2) is 8.42 Å². The zero-order chi connectivity index (χ0) is 13.2. The van der Waals surface area contributed by atoms with Gasteiger partial charge in [-0.2, -0.15) is 0 Å². The average Bonchev–Trinajstić information content (AvgIpc) is 2.77. The van der Waals surface area contributed by atoms with E-state index in [1.807, 2.05) is 19.1 Å². The van der Waals surface area contributed by atoms with Crippen LogP contribution in [0.15, 0.2) is 40.6 Å². The highest BCUT2D eigenvalue weighted by atomic mass is 32.2. The fourth-order valence-electron chi connectivity index (χ4n) is 1.53. The normalized spacial score (nSPS) is 11.4. The Morgan fingerprint density at radius 2 is 2.11 bits per heavy atom. The minimum atomic E-state index is -3.51. The lowest BCUT2D eigenvalue weighted by Crippen LogP contribution is -2.12. The Kier molecular flexibility index (Phi) is 3.70. The number of benzene rings is 1. The molecule has 1 aromatic carbocycles. The molecule has 18 heavy (non-hydrogen) atoms. The second-order valence-electron chi connectivity index (χ2n) is 3.93. The van der Waals surface area contributed by atoms with Gasteiger partial charge in [-0.05, 0) is 30.7 Å². The molecular formula is C12H14N2O2S2. The third kappa shape index (κ3) is 2.90. The van der Waals surface area contributed by atoms with Crippen LogP contribution in [0.5, 0.6) is 0 Å². The van der Waals surface area contributed by atoms with E-state index in [-0.39, 0.29) is 4.90 Å². The quantitative estimate of drug-likeness (QED) is 0.904. The van der Waals surface area contributed by atoms with Crippen molar-refractivity contribution in [1.29, 1.82) is 0 Å². The summed E-state index contributed by atoms with van der Waals surface area (Å²) in [4.78, 5) is 1.11. The highest BCUT2D eigenvalue weighted by Gasteiger charge is 2.16. The summed E-state index contributed by atoms with van der Waals surface area (Å²) < 4.78 is 26.7. The maximum Gasteiger partial charge on any atom is 0.262 e. The number of nitrogens with one attached hydrogen (secondary N) is 1.